The topological polar surface area (TPSA) is 87.0 Å². The molecule has 2 amide bonds. The summed E-state index contributed by atoms with van der Waals surface area (Å²) >= 11 is 0. The number of carbonyl (C=O) groups excluding carboxylic acids is 2. The number of rotatable bonds is 1. The Bertz CT molecular complexity index is 657. The highest BCUT2D eigenvalue weighted by molar-refractivity contribution is 6.07. The first-order valence-electron chi connectivity index (χ1n) is 7.05. The number of benzene rings is 1. The fourth-order valence-corrected chi connectivity index (χ4v) is 3.65. The molecule has 0 spiro atoms. The second-order valence-electron chi connectivity index (χ2n) is 6.15. The number of carbonyl (C=O) groups is 2. The lowest BCUT2D eigenvalue weighted by Crippen LogP contribution is -2.72. The molecule has 4 aliphatic heterocycles. The van der Waals surface area contributed by atoms with Crippen LogP contribution in [0.4, 0.5) is 0 Å². The van der Waals surface area contributed by atoms with Crippen molar-refractivity contribution in [3.05, 3.63) is 45.5 Å². The van der Waals surface area contributed by atoms with Crippen molar-refractivity contribution >= 4 is 11.8 Å². The molecule has 0 atom stereocenters. The molecule has 0 N–H and O–H groups in total. The first-order valence-corrected chi connectivity index (χ1v) is 7.05. The minimum atomic E-state index is -1.30. The molecule has 2 fully saturated rings. The monoisotopic (exact) mass is 302 g/mol. The summed E-state index contributed by atoms with van der Waals surface area (Å²) in [4.78, 5) is 41.5. The zero-order valence-electron chi connectivity index (χ0n) is 11.8. The van der Waals surface area contributed by atoms with Gasteiger partial charge in [-0.2, -0.15) is 0 Å². The zero-order chi connectivity index (χ0) is 15.5. The molecule has 4 heterocycles. The lowest BCUT2D eigenvalue weighted by atomic mass is 9.94. The molecule has 4 aliphatic rings. The van der Waals surface area contributed by atoms with Gasteiger partial charge >= 0.3 is 0 Å². The van der Waals surface area contributed by atoms with E-state index in [0.717, 1.165) is 0 Å². The van der Waals surface area contributed by atoms with Crippen molar-refractivity contribution in [2.24, 2.45) is 0 Å². The van der Waals surface area contributed by atoms with Gasteiger partial charge in [0.15, 0.2) is 0 Å². The maximum Gasteiger partial charge on any atom is 0.269 e. The highest BCUT2D eigenvalue weighted by atomic mass is 16.6. The Hall–Kier alpha value is -2.48. The van der Waals surface area contributed by atoms with Gasteiger partial charge < -0.3 is 9.80 Å². The van der Waals surface area contributed by atoms with Crippen molar-refractivity contribution in [1.82, 2.24) is 14.7 Å². The molecule has 0 aromatic heterocycles. The molecular formula is C14H14N4O4. The second-order valence-corrected chi connectivity index (χ2v) is 6.15. The maximum atomic E-state index is 12.7. The largest absolute Gasteiger partial charge is 0.318 e. The number of nitrogens with zero attached hydrogens (tertiary/aromatic N) is 4. The Balaban J connectivity index is 1.90. The van der Waals surface area contributed by atoms with Crippen LogP contribution in [0.3, 0.4) is 0 Å². The summed E-state index contributed by atoms with van der Waals surface area (Å²) in [6, 6.07) is 6.62. The number of hydrogen-bond acceptors (Lipinski definition) is 5. The predicted octanol–water partition coefficient (Wildman–Crippen LogP) is -0.156. The lowest BCUT2D eigenvalue weighted by molar-refractivity contribution is -0.578. The smallest absolute Gasteiger partial charge is 0.269 e. The van der Waals surface area contributed by atoms with Gasteiger partial charge in [-0.3, -0.25) is 24.6 Å². The van der Waals surface area contributed by atoms with Crippen LogP contribution in [0, 0.1) is 10.1 Å². The van der Waals surface area contributed by atoms with Crippen LogP contribution in [0.2, 0.25) is 0 Å². The van der Waals surface area contributed by atoms with Gasteiger partial charge in [0.2, 0.25) is 0 Å². The minimum Gasteiger partial charge on any atom is -0.318 e. The molecule has 0 aliphatic carbocycles. The molecular weight excluding hydrogens is 288 g/mol. The van der Waals surface area contributed by atoms with E-state index in [9.17, 15) is 19.7 Å². The summed E-state index contributed by atoms with van der Waals surface area (Å²) in [5, 5.41) is 11.6. The van der Waals surface area contributed by atoms with Gasteiger partial charge in [0.05, 0.1) is 44.1 Å². The van der Waals surface area contributed by atoms with Gasteiger partial charge in [0.25, 0.3) is 17.4 Å². The summed E-state index contributed by atoms with van der Waals surface area (Å²) in [5.41, 5.74) is -0.662. The van der Waals surface area contributed by atoms with Crippen LogP contribution >= 0.6 is 0 Å². The number of amides is 2. The van der Waals surface area contributed by atoms with Crippen molar-refractivity contribution in [1.29, 1.82) is 0 Å². The third-order valence-corrected chi connectivity index (χ3v) is 4.58. The van der Waals surface area contributed by atoms with E-state index in [-0.39, 0.29) is 36.4 Å². The van der Waals surface area contributed by atoms with E-state index in [0.29, 0.717) is 24.5 Å². The van der Waals surface area contributed by atoms with Gasteiger partial charge in [-0.25, -0.2) is 0 Å². The average Bonchev–Trinajstić information content (AvgIpc) is 2.55. The van der Waals surface area contributed by atoms with Gasteiger partial charge in [-0.05, 0) is 12.1 Å². The lowest BCUT2D eigenvalue weighted by Gasteiger charge is -2.48. The van der Waals surface area contributed by atoms with Gasteiger partial charge in [-0.15, -0.1) is 0 Å². The molecule has 0 unspecified atom stereocenters. The van der Waals surface area contributed by atoms with Crippen LogP contribution in [0.15, 0.2) is 24.3 Å². The van der Waals surface area contributed by atoms with E-state index < -0.39 is 5.54 Å². The minimum absolute atomic E-state index is 0.0352. The SMILES string of the molecule is O=C1c2ccccc2C(=O)N2CN3CN1CC([N+](=O)[O-])(C3)C2. The van der Waals surface area contributed by atoms with Crippen molar-refractivity contribution in [2.45, 2.75) is 5.54 Å². The quantitative estimate of drug-likeness (QED) is 0.531. The summed E-state index contributed by atoms with van der Waals surface area (Å²) in [7, 11) is 0. The summed E-state index contributed by atoms with van der Waals surface area (Å²) < 4.78 is 0. The highest BCUT2D eigenvalue weighted by Crippen LogP contribution is 2.31. The Morgan fingerprint density at radius 1 is 0.955 bits per heavy atom. The Morgan fingerprint density at radius 3 is 1.91 bits per heavy atom. The molecule has 2 saturated heterocycles. The molecule has 22 heavy (non-hydrogen) atoms. The Morgan fingerprint density at radius 2 is 1.45 bits per heavy atom. The molecule has 1 aromatic carbocycles. The van der Waals surface area contributed by atoms with Gasteiger partial charge in [0.1, 0.15) is 0 Å². The average molecular weight is 302 g/mol. The fourth-order valence-electron chi connectivity index (χ4n) is 3.65. The van der Waals surface area contributed by atoms with Crippen molar-refractivity contribution in [3.63, 3.8) is 0 Å². The Kier molecular flexibility index (Phi) is 2.56. The van der Waals surface area contributed by atoms with Crippen LogP contribution in [0.5, 0.6) is 0 Å². The maximum absolute atomic E-state index is 12.7. The first-order chi connectivity index (χ1) is 10.5. The molecule has 5 rings (SSSR count). The van der Waals surface area contributed by atoms with Crippen LogP contribution < -0.4 is 0 Å². The van der Waals surface area contributed by atoms with E-state index in [1.54, 1.807) is 29.2 Å². The van der Waals surface area contributed by atoms with Crippen molar-refractivity contribution < 1.29 is 14.5 Å². The number of nitro groups is 1. The van der Waals surface area contributed by atoms with Crippen molar-refractivity contribution in [2.75, 3.05) is 33.0 Å². The van der Waals surface area contributed by atoms with Gasteiger partial charge in [0, 0.05) is 4.92 Å². The molecule has 8 heteroatoms. The molecule has 8 nitrogen and oxygen atoms in total. The van der Waals surface area contributed by atoms with Crippen LogP contribution in [0.1, 0.15) is 20.7 Å². The zero-order valence-corrected chi connectivity index (χ0v) is 11.8. The van der Waals surface area contributed by atoms with Crippen LogP contribution in [0.25, 0.3) is 0 Å². The normalized spacial score (nSPS) is 29.9. The van der Waals surface area contributed by atoms with Gasteiger partial charge in [-0.1, -0.05) is 12.1 Å². The molecule has 0 saturated carbocycles. The Labute approximate surface area is 126 Å². The highest BCUT2D eigenvalue weighted by Gasteiger charge is 2.56. The van der Waals surface area contributed by atoms with E-state index in [2.05, 4.69) is 0 Å². The van der Waals surface area contributed by atoms with Crippen LogP contribution in [-0.2, 0) is 0 Å². The summed E-state index contributed by atoms with van der Waals surface area (Å²) in [5.74, 6) is -0.632. The molecule has 114 valence electrons. The molecule has 1 aromatic rings. The molecule has 0 radical (unpaired) electrons. The fraction of sp³-hybridized carbons (Fsp3) is 0.429. The van der Waals surface area contributed by atoms with E-state index >= 15 is 0 Å². The van der Waals surface area contributed by atoms with Crippen molar-refractivity contribution in [3.8, 4) is 0 Å². The standard InChI is InChI=1S/C14H14N4O4/c19-12-10-3-1-2-4-11(10)13(20)17-7-14(18(21)22)5-15(9-17)8-16(12)6-14/h1-4H,5-9H2. The van der Waals surface area contributed by atoms with E-state index in [1.807, 2.05) is 0 Å². The summed E-state index contributed by atoms with van der Waals surface area (Å²) in [6.07, 6.45) is 0. The second kappa shape index (κ2) is 4.26. The summed E-state index contributed by atoms with van der Waals surface area (Å²) in [6.45, 7) is 0.962. The third kappa shape index (κ3) is 1.67. The third-order valence-electron chi connectivity index (χ3n) is 4.58. The predicted molar refractivity (Wildman–Crippen MR) is 74.7 cm³/mol. The number of hydrogen-bond donors (Lipinski definition) is 0. The molecule has 4 bridgehead atoms. The first kappa shape index (κ1) is 13.2. The van der Waals surface area contributed by atoms with E-state index in [4.69, 9.17) is 0 Å². The van der Waals surface area contributed by atoms with Crippen LogP contribution in [-0.4, -0.2) is 69.9 Å². The van der Waals surface area contributed by atoms with E-state index in [1.165, 1.54) is 9.80 Å².